The lowest BCUT2D eigenvalue weighted by Crippen LogP contribution is -2.37. The third-order valence-electron chi connectivity index (χ3n) is 5.34. The minimum absolute atomic E-state index is 0.0250. The highest BCUT2D eigenvalue weighted by atomic mass is 35.5. The fourth-order valence-electron chi connectivity index (χ4n) is 3.80. The number of halogens is 5. The number of nitrogens with one attached hydrogen (secondary N) is 1. The smallest absolute Gasteiger partial charge is 0.297 e. The van der Waals surface area contributed by atoms with E-state index in [0.29, 0.717) is 19.4 Å². The highest BCUT2D eigenvalue weighted by molar-refractivity contribution is 6.35. The SMILES string of the molecule is CC(=O)N[C@@H](C)CO[C@H]1CC[C@H](Oc2nc3c(Cl)c(F)c(OCC(F)F)c(F)c3n2C)CC1. The summed E-state index contributed by atoms with van der Waals surface area (Å²) in [5.41, 5.74) is -0.387. The Bertz CT molecular complexity index is 996. The Morgan fingerprint density at radius 3 is 2.42 bits per heavy atom. The molecule has 12 heteroatoms. The van der Waals surface area contributed by atoms with E-state index < -0.39 is 35.4 Å². The predicted molar refractivity (Wildman–Crippen MR) is 113 cm³/mol. The number of aromatic nitrogens is 2. The van der Waals surface area contributed by atoms with Gasteiger partial charge in [-0.15, -0.1) is 0 Å². The zero-order valence-electron chi connectivity index (χ0n) is 18.5. The highest BCUT2D eigenvalue weighted by Crippen LogP contribution is 2.38. The molecule has 1 N–H and O–H groups in total. The second-order valence-corrected chi connectivity index (χ2v) is 8.45. The average Bonchev–Trinajstić information content (AvgIpc) is 3.07. The van der Waals surface area contributed by atoms with Crippen LogP contribution in [0.4, 0.5) is 17.6 Å². The Balaban J connectivity index is 1.67. The number of nitrogens with zero attached hydrogens (tertiary/aromatic N) is 2. The van der Waals surface area contributed by atoms with Gasteiger partial charge in [0.1, 0.15) is 28.8 Å². The van der Waals surface area contributed by atoms with Gasteiger partial charge < -0.3 is 19.5 Å². The van der Waals surface area contributed by atoms with Crippen LogP contribution in [0, 0.1) is 11.6 Å². The van der Waals surface area contributed by atoms with Crippen LogP contribution in [-0.4, -0.2) is 53.3 Å². The normalized spacial score (nSPS) is 19.7. The highest BCUT2D eigenvalue weighted by Gasteiger charge is 2.29. The minimum atomic E-state index is -2.91. The van der Waals surface area contributed by atoms with Gasteiger partial charge in [0.25, 0.3) is 12.4 Å². The largest absolute Gasteiger partial charge is 0.481 e. The molecule has 1 fully saturated rings. The van der Waals surface area contributed by atoms with Gasteiger partial charge in [-0.05, 0) is 32.6 Å². The molecule has 1 saturated carbocycles. The number of imidazole rings is 1. The van der Waals surface area contributed by atoms with Crippen molar-refractivity contribution in [2.45, 2.75) is 64.2 Å². The van der Waals surface area contributed by atoms with Crippen LogP contribution < -0.4 is 14.8 Å². The van der Waals surface area contributed by atoms with Crippen molar-refractivity contribution in [2.24, 2.45) is 7.05 Å². The minimum Gasteiger partial charge on any atom is -0.481 e. The second kappa shape index (κ2) is 10.8. The van der Waals surface area contributed by atoms with Gasteiger partial charge in [0, 0.05) is 20.0 Å². The molecule has 0 radical (unpaired) electrons. The molecule has 184 valence electrons. The lowest BCUT2D eigenvalue weighted by Gasteiger charge is -2.29. The van der Waals surface area contributed by atoms with Crippen LogP contribution in [0.15, 0.2) is 0 Å². The summed E-state index contributed by atoms with van der Waals surface area (Å²) in [6.45, 7) is 2.54. The Labute approximate surface area is 193 Å². The zero-order valence-corrected chi connectivity index (χ0v) is 19.2. The van der Waals surface area contributed by atoms with E-state index in [1.54, 1.807) is 0 Å². The van der Waals surface area contributed by atoms with Crippen LogP contribution in [0.5, 0.6) is 11.8 Å². The maximum Gasteiger partial charge on any atom is 0.297 e. The molecule has 0 spiro atoms. The number of amides is 1. The average molecular weight is 496 g/mol. The number of hydrogen-bond donors (Lipinski definition) is 1. The van der Waals surface area contributed by atoms with E-state index in [-0.39, 0.29) is 41.2 Å². The van der Waals surface area contributed by atoms with Crippen molar-refractivity contribution in [3.63, 3.8) is 0 Å². The van der Waals surface area contributed by atoms with Gasteiger partial charge in [-0.2, -0.15) is 4.98 Å². The first-order valence-electron chi connectivity index (χ1n) is 10.6. The van der Waals surface area contributed by atoms with Gasteiger partial charge >= 0.3 is 0 Å². The molecule has 0 bridgehead atoms. The van der Waals surface area contributed by atoms with Crippen molar-refractivity contribution in [3.05, 3.63) is 16.7 Å². The van der Waals surface area contributed by atoms with Crippen LogP contribution in [0.3, 0.4) is 0 Å². The van der Waals surface area contributed by atoms with Crippen molar-refractivity contribution in [2.75, 3.05) is 13.2 Å². The summed E-state index contributed by atoms with van der Waals surface area (Å²) >= 11 is 5.97. The number of benzene rings is 1. The van der Waals surface area contributed by atoms with E-state index >= 15 is 0 Å². The van der Waals surface area contributed by atoms with E-state index in [2.05, 4.69) is 15.0 Å². The monoisotopic (exact) mass is 495 g/mol. The van der Waals surface area contributed by atoms with Gasteiger partial charge in [-0.3, -0.25) is 9.36 Å². The van der Waals surface area contributed by atoms with E-state index in [9.17, 15) is 22.4 Å². The third kappa shape index (κ3) is 6.00. The topological polar surface area (TPSA) is 74.6 Å². The number of ether oxygens (including phenoxy) is 3. The molecule has 1 heterocycles. The molecular weight excluding hydrogens is 470 g/mol. The maximum absolute atomic E-state index is 14.9. The lowest BCUT2D eigenvalue weighted by molar-refractivity contribution is -0.120. The third-order valence-corrected chi connectivity index (χ3v) is 5.68. The molecular formula is C21H26ClF4N3O4. The lowest BCUT2D eigenvalue weighted by atomic mass is 9.95. The predicted octanol–water partition coefficient (Wildman–Crippen LogP) is 4.38. The number of aryl methyl sites for hydroxylation is 1. The molecule has 1 amide bonds. The molecule has 1 aromatic carbocycles. The van der Waals surface area contributed by atoms with Gasteiger partial charge in [0.15, 0.2) is 17.4 Å². The van der Waals surface area contributed by atoms with Crippen LogP contribution in [-0.2, 0) is 16.6 Å². The molecule has 3 rings (SSSR count). The quantitative estimate of drug-likeness (QED) is 0.413. The summed E-state index contributed by atoms with van der Waals surface area (Å²) in [5.74, 6) is -3.57. The zero-order chi connectivity index (χ0) is 24.3. The van der Waals surface area contributed by atoms with Crippen molar-refractivity contribution in [1.29, 1.82) is 0 Å². The van der Waals surface area contributed by atoms with E-state index in [1.165, 1.54) is 18.5 Å². The number of carbonyl (C=O) groups excluding carboxylic acids is 1. The number of rotatable bonds is 9. The first-order valence-corrected chi connectivity index (χ1v) is 10.9. The Morgan fingerprint density at radius 2 is 1.82 bits per heavy atom. The number of fused-ring (bicyclic) bond motifs is 1. The van der Waals surface area contributed by atoms with Crippen molar-refractivity contribution in [1.82, 2.24) is 14.9 Å². The molecule has 2 aromatic rings. The van der Waals surface area contributed by atoms with Crippen molar-refractivity contribution in [3.8, 4) is 11.8 Å². The molecule has 1 aliphatic carbocycles. The first kappa shape index (κ1) is 25.4. The summed E-state index contributed by atoms with van der Waals surface area (Å²) in [5, 5.41) is 2.22. The van der Waals surface area contributed by atoms with Gasteiger partial charge in [0.05, 0.1) is 12.7 Å². The van der Waals surface area contributed by atoms with Crippen molar-refractivity contribution >= 4 is 28.5 Å². The van der Waals surface area contributed by atoms with Gasteiger partial charge in [-0.25, -0.2) is 17.6 Å². The summed E-state index contributed by atoms with van der Waals surface area (Å²) in [7, 11) is 1.46. The molecule has 1 aromatic heterocycles. The summed E-state index contributed by atoms with van der Waals surface area (Å²) in [4.78, 5) is 15.2. The van der Waals surface area contributed by atoms with Crippen LogP contribution in [0.1, 0.15) is 39.5 Å². The number of hydrogen-bond acceptors (Lipinski definition) is 5. The Kier molecular flexibility index (Phi) is 8.28. The second-order valence-electron chi connectivity index (χ2n) is 8.08. The van der Waals surface area contributed by atoms with E-state index in [1.807, 2.05) is 6.92 Å². The van der Waals surface area contributed by atoms with Crippen LogP contribution >= 0.6 is 11.6 Å². The maximum atomic E-state index is 14.9. The summed E-state index contributed by atoms with van der Waals surface area (Å²) in [6.07, 6.45) is -0.373. The van der Waals surface area contributed by atoms with Crippen LogP contribution in [0.25, 0.3) is 11.0 Å². The molecule has 7 nitrogen and oxygen atoms in total. The summed E-state index contributed by atoms with van der Waals surface area (Å²) in [6, 6.07) is -0.0639. The van der Waals surface area contributed by atoms with Gasteiger partial charge in [-0.1, -0.05) is 11.6 Å². The van der Waals surface area contributed by atoms with Crippen molar-refractivity contribution < 1.29 is 36.6 Å². The first-order chi connectivity index (χ1) is 15.6. The van der Waals surface area contributed by atoms with Gasteiger partial charge in [0.2, 0.25) is 5.91 Å². The summed E-state index contributed by atoms with van der Waals surface area (Å²) < 4.78 is 71.8. The Hall–Kier alpha value is -2.27. The molecule has 0 aliphatic heterocycles. The number of carbonyl (C=O) groups is 1. The van der Waals surface area contributed by atoms with E-state index in [0.717, 1.165) is 12.8 Å². The van der Waals surface area contributed by atoms with Crippen LogP contribution in [0.2, 0.25) is 5.02 Å². The number of alkyl halides is 2. The molecule has 0 unspecified atom stereocenters. The molecule has 0 saturated heterocycles. The Morgan fingerprint density at radius 1 is 1.18 bits per heavy atom. The molecule has 1 aliphatic rings. The fourth-order valence-corrected chi connectivity index (χ4v) is 4.02. The molecule has 33 heavy (non-hydrogen) atoms. The fraction of sp³-hybridized carbons (Fsp3) is 0.619. The molecule has 1 atom stereocenters. The standard InChI is InChI=1S/C21H26ClF4N3O4/c1-10(27-11(2)30)8-31-12-4-6-13(7-5-12)33-21-28-18-15(22)16(25)20(32-9-14(23)24)17(26)19(18)29(21)3/h10,12-14H,4-9H2,1-3H3,(H,27,30)/t10-,12-,13-/m0/s1. The van der Waals surface area contributed by atoms with E-state index in [4.69, 9.17) is 21.1 Å².